The fraction of sp³-hybridized carbons (Fsp3) is 0.682. The lowest BCUT2D eigenvalue weighted by Crippen LogP contribution is -2.37. The molecule has 0 radical (unpaired) electrons. The number of H-pyrrole nitrogens is 1. The number of nitrogens with zero attached hydrogens (tertiary/aromatic N) is 2. The van der Waals surface area contributed by atoms with E-state index in [-0.39, 0.29) is 12.0 Å². The molecule has 156 valence electrons. The molecule has 1 atom stereocenters. The molecule has 3 heterocycles. The summed E-state index contributed by atoms with van der Waals surface area (Å²) in [5, 5.41) is 13.7. The fourth-order valence-electron chi connectivity index (χ4n) is 4.66. The third kappa shape index (κ3) is 4.87. The molecule has 7 heteroatoms. The van der Waals surface area contributed by atoms with Crippen LogP contribution < -0.4 is 15.2 Å². The van der Waals surface area contributed by atoms with Crippen LogP contribution in [-0.2, 0) is 22.4 Å². The molecule has 0 unspecified atom stereocenters. The van der Waals surface area contributed by atoms with Crippen molar-refractivity contribution >= 4 is 23.5 Å². The number of aromatic amines is 1. The van der Waals surface area contributed by atoms with Gasteiger partial charge in [-0.2, -0.15) is 5.26 Å². The van der Waals surface area contributed by atoms with Crippen LogP contribution in [0.1, 0.15) is 61.6 Å². The van der Waals surface area contributed by atoms with Gasteiger partial charge in [-0.1, -0.05) is 11.8 Å². The van der Waals surface area contributed by atoms with E-state index in [1.807, 2.05) is 0 Å². The van der Waals surface area contributed by atoms with Crippen molar-refractivity contribution in [3.8, 4) is 6.07 Å². The van der Waals surface area contributed by atoms with Crippen molar-refractivity contribution in [1.29, 1.82) is 5.26 Å². The van der Waals surface area contributed by atoms with Gasteiger partial charge in [-0.25, -0.2) is 4.98 Å². The first-order chi connectivity index (χ1) is 14.3. The third-order valence-electron chi connectivity index (χ3n) is 6.20. The van der Waals surface area contributed by atoms with E-state index in [1.54, 1.807) is 0 Å². The number of thioether (sulfide) groups is 1. The summed E-state index contributed by atoms with van der Waals surface area (Å²) < 4.78 is 5.57. The first kappa shape index (κ1) is 20.5. The van der Waals surface area contributed by atoms with Gasteiger partial charge in [-0.15, -0.1) is 0 Å². The average molecular weight is 416 g/mol. The van der Waals surface area contributed by atoms with Gasteiger partial charge in [-0.3, -0.25) is 9.69 Å². The van der Waals surface area contributed by atoms with Crippen molar-refractivity contribution < 1.29 is 14.5 Å². The molecule has 2 fully saturated rings. The predicted molar refractivity (Wildman–Crippen MR) is 113 cm³/mol. The topological polar surface area (TPSA) is 79.5 Å². The zero-order valence-corrected chi connectivity index (χ0v) is 17.9. The number of aromatic nitrogens is 1. The molecule has 1 amide bonds. The van der Waals surface area contributed by atoms with Crippen LogP contribution >= 0.6 is 11.8 Å². The number of carbonyl (C=O) groups excluding carboxylic acids is 1. The number of carbonyl (C=O) groups is 1. The molecule has 6 nitrogen and oxygen atoms in total. The highest BCUT2D eigenvalue weighted by Gasteiger charge is 2.30. The van der Waals surface area contributed by atoms with E-state index in [2.05, 4.69) is 21.3 Å². The molecule has 0 bridgehead atoms. The second-order valence-corrected chi connectivity index (χ2v) is 9.21. The van der Waals surface area contributed by atoms with E-state index in [0.29, 0.717) is 12.3 Å². The fourth-order valence-corrected chi connectivity index (χ4v) is 5.52. The molecule has 4 rings (SSSR count). The number of pyridine rings is 1. The molecule has 2 saturated heterocycles. The van der Waals surface area contributed by atoms with Gasteiger partial charge in [0.2, 0.25) is 5.91 Å². The number of amides is 1. The number of piperidine rings is 1. The SMILES string of the molecule is N#Cc1c(SCC(=O)NC[C@@H]2CCCO2)[nH+]c(N2CCCCC2)c2c1CCCC2. The van der Waals surface area contributed by atoms with Gasteiger partial charge in [0.15, 0.2) is 5.03 Å². The molecule has 1 aromatic rings. The van der Waals surface area contributed by atoms with Gasteiger partial charge in [0, 0.05) is 18.7 Å². The quantitative estimate of drug-likeness (QED) is 0.723. The molecule has 2 N–H and O–H groups in total. The zero-order valence-electron chi connectivity index (χ0n) is 17.1. The molecule has 29 heavy (non-hydrogen) atoms. The Morgan fingerprint density at radius 3 is 2.69 bits per heavy atom. The highest BCUT2D eigenvalue weighted by Crippen LogP contribution is 2.34. The summed E-state index contributed by atoms with van der Waals surface area (Å²) in [5.41, 5.74) is 3.29. The number of rotatable bonds is 6. The van der Waals surface area contributed by atoms with E-state index in [9.17, 15) is 10.1 Å². The number of hydrogen-bond acceptors (Lipinski definition) is 5. The summed E-state index contributed by atoms with van der Waals surface area (Å²) in [7, 11) is 0. The first-order valence-electron chi connectivity index (χ1n) is 11.0. The van der Waals surface area contributed by atoms with Crippen LogP contribution in [0.15, 0.2) is 5.03 Å². The van der Waals surface area contributed by atoms with Crippen molar-refractivity contribution in [3.63, 3.8) is 0 Å². The Bertz CT molecular complexity index is 780. The van der Waals surface area contributed by atoms with Gasteiger partial charge in [0.25, 0.3) is 5.82 Å². The Morgan fingerprint density at radius 2 is 1.97 bits per heavy atom. The number of nitrogens with one attached hydrogen (secondary N) is 2. The molecule has 0 spiro atoms. The monoisotopic (exact) mass is 415 g/mol. The molecule has 1 aromatic heterocycles. The number of ether oxygens (including phenoxy) is 1. The minimum Gasteiger partial charge on any atom is -0.376 e. The van der Waals surface area contributed by atoms with Crippen molar-refractivity contribution in [2.45, 2.75) is 68.9 Å². The van der Waals surface area contributed by atoms with Crippen LogP contribution in [0, 0.1) is 11.3 Å². The van der Waals surface area contributed by atoms with Gasteiger partial charge in [0.1, 0.15) is 11.6 Å². The maximum absolute atomic E-state index is 12.4. The second kappa shape index (κ2) is 9.82. The van der Waals surface area contributed by atoms with Crippen LogP contribution in [0.25, 0.3) is 0 Å². The molecular formula is C22H31N4O2S+. The van der Waals surface area contributed by atoms with Gasteiger partial charge < -0.3 is 10.1 Å². The van der Waals surface area contributed by atoms with E-state index in [4.69, 9.17) is 4.74 Å². The number of fused-ring (bicyclic) bond motifs is 1. The van der Waals surface area contributed by atoms with Crippen LogP contribution in [0.3, 0.4) is 0 Å². The van der Waals surface area contributed by atoms with Crippen molar-refractivity contribution in [2.24, 2.45) is 0 Å². The summed E-state index contributed by atoms with van der Waals surface area (Å²) in [6.07, 6.45) is 10.3. The zero-order chi connectivity index (χ0) is 20.1. The van der Waals surface area contributed by atoms with Gasteiger partial charge in [-0.05, 0) is 63.4 Å². The largest absolute Gasteiger partial charge is 0.376 e. The van der Waals surface area contributed by atoms with Crippen LogP contribution in [-0.4, -0.2) is 44.0 Å². The smallest absolute Gasteiger partial charge is 0.278 e. The summed E-state index contributed by atoms with van der Waals surface area (Å²) in [6, 6.07) is 2.43. The number of nitriles is 1. The van der Waals surface area contributed by atoms with Gasteiger partial charge >= 0.3 is 0 Å². The molecule has 1 aliphatic carbocycles. The minimum atomic E-state index is 0.0000305. The molecule has 3 aliphatic rings. The van der Waals surface area contributed by atoms with E-state index < -0.39 is 0 Å². The Labute approximate surface area is 177 Å². The highest BCUT2D eigenvalue weighted by atomic mass is 32.2. The van der Waals surface area contributed by atoms with E-state index in [0.717, 1.165) is 62.4 Å². The summed E-state index contributed by atoms with van der Waals surface area (Å²) >= 11 is 1.46. The minimum absolute atomic E-state index is 0.0000305. The van der Waals surface area contributed by atoms with Gasteiger partial charge in [0.05, 0.1) is 24.9 Å². The Balaban J connectivity index is 1.50. The second-order valence-electron chi connectivity index (χ2n) is 8.23. The molecule has 2 aliphatic heterocycles. The Kier molecular flexibility index (Phi) is 6.94. The molecule has 0 aromatic carbocycles. The normalized spacial score (nSPS) is 21.5. The average Bonchev–Trinajstić information content (AvgIpc) is 3.29. The lowest BCUT2D eigenvalue weighted by molar-refractivity contribution is -0.414. The number of anilines is 1. The lowest BCUT2D eigenvalue weighted by atomic mass is 9.89. The third-order valence-corrected chi connectivity index (χ3v) is 7.20. The lowest BCUT2D eigenvalue weighted by Gasteiger charge is -2.26. The molecular weight excluding hydrogens is 384 g/mol. The van der Waals surface area contributed by atoms with Crippen LogP contribution in [0.5, 0.6) is 0 Å². The Hall–Kier alpha value is -1.78. The summed E-state index contributed by atoms with van der Waals surface area (Å²) in [4.78, 5) is 18.4. The predicted octanol–water partition coefficient (Wildman–Crippen LogP) is 2.63. The van der Waals surface area contributed by atoms with Crippen molar-refractivity contribution in [1.82, 2.24) is 5.32 Å². The standard InChI is InChI=1S/C22H30N4O2S/c23-13-19-17-8-2-3-9-18(17)21(26-10-4-1-5-11-26)25-22(19)29-15-20(27)24-14-16-7-6-12-28-16/h16H,1-12,14-15H2,(H,24,27)/p+1/t16-/m0/s1. The maximum Gasteiger partial charge on any atom is 0.278 e. The van der Waals surface area contributed by atoms with Crippen molar-refractivity contribution in [3.05, 3.63) is 16.7 Å². The van der Waals surface area contributed by atoms with Crippen molar-refractivity contribution in [2.75, 3.05) is 36.9 Å². The summed E-state index contributed by atoms with van der Waals surface area (Å²) in [6.45, 7) is 3.52. The van der Waals surface area contributed by atoms with E-state index >= 15 is 0 Å². The van der Waals surface area contributed by atoms with Crippen LogP contribution in [0.4, 0.5) is 5.82 Å². The Morgan fingerprint density at radius 1 is 1.17 bits per heavy atom. The first-order valence-corrected chi connectivity index (χ1v) is 12.0. The molecule has 0 saturated carbocycles. The summed E-state index contributed by atoms with van der Waals surface area (Å²) in [5.74, 6) is 1.51. The van der Waals surface area contributed by atoms with E-state index in [1.165, 1.54) is 54.4 Å². The van der Waals surface area contributed by atoms with Crippen LogP contribution in [0.2, 0.25) is 0 Å². The highest BCUT2D eigenvalue weighted by molar-refractivity contribution is 7.99. The number of hydrogen-bond donors (Lipinski definition) is 1. The maximum atomic E-state index is 12.4.